The Morgan fingerprint density at radius 3 is 2.23 bits per heavy atom. The number of nitrogens with one attached hydrogen (secondary N) is 1. The first-order valence-electron chi connectivity index (χ1n) is 7.52. The quantitative estimate of drug-likeness (QED) is 0.719. The van der Waals surface area contributed by atoms with Gasteiger partial charge in [0.1, 0.15) is 0 Å². The van der Waals surface area contributed by atoms with E-state index in [0.29, 0.717) is 5.92 Å². The van der Waals surface area contributed by atoms with Crippen molar-refractivity contribution in [2.75, 3.05) is 0 Å². The molecule has 0 fully saturated rings. The Hall–Kier alpha value is -1.74. The van der Waals surface area contributed by atoms with Crippen LogP contribution in [0.1, 0.15) is 46.2 Å². The molecule has 22 heavy (non-hydrogen) atoms. The predicted octanol–water partition coefficient (Wildman–Crippen LogP) is 3.07. The summed E-state index contributed by atoms with van der Waals surface area (Å²) in [5, 5.41) is 8.33. The fraction of sp³-hybridized carbons (Fsp3) is 0.222. The minimum absolute atomic E-state index is 0.124. The second-order valence-electron chi connectivity index (χ2n) is 5.71. The summed E-state index contributed by atoms with van der Waals surface area (Å²) in [5.74, 6) is 0.352. The number of rotatable bonds is 2. The topological polar surface area (TPSA) is 37.8 Å². The Balaban J connectivity index is 1.79. The van der Waals surface area contributed by atoms with Crippen molar-refractivity contribution < 1.29 is 0 Å². The van der Waals surface area contributed by atoms with Crippen molar-refractivity contribution in [3.8, 4) is 0 Å². The molecular formula is C18H17N3Se. The van der Waals surface area contributed by atoms with Gasteiger partial charge in [-0.25, -0.2) is 0 Å². The van der Waals surface area contributed by atoms with Crippen molar-refractivity contribution in [3.63, 3.8) is 0 Å². The predicted molar refractivity (Wildman–Crippen MR) is 88.0 cm³/mol. The van der Waals surface area contributed by atoms with Crippen LogP contribution in [0.5, 0.6) is 0 Å². The van der Waals surface area contributed by atoms with Gasteiger partial charge in [-0.05, 0) is 0 Å². The second kappa shape index (κ2) is 5.80. The average Bonchev–Trinajstić information content (AvgIpc) is 3.07. The molecule has 0 radical (unpaired) electrons. The van der Waals surface area contributed by atoms with E-state index in [2.05, 4.69) is 82.1 Å². The van der Waals surface area contributed by atoms with E-state index in [4.69, 9.17) is 0 Å². The van der Waals surface area contributed by atoms with Gasteiger partial charge in [0.25, 0.3) is 0 Å². The molecule has 3 atom stereocenters. The molecular weight excluding hydrogens is 337 g/mol. The fourth-order valence-electron chi connectivity index (χ4n) is 3.22. The molecule has 0 spiro atoms. The van der Waals surface area contributed by atoms with Gasteiger partial charge in [-0.2, -0.15) is 0 Å². The zero-order chi connectivity index (χ0) is 14.9. The summed E-state index contributed by atoms with van der Waals surface area (Å²) < 4.78 is 5.74. The maximum absolute atomic E-state index is 4.48. The molecule has 3 aromatic rings. The molecule has 0 amide bonds. The Labute approximate surface area is 136 Å². The van der Waals surface area contributed by atoms with E-state index < -0.39 is 0 Å². The van der Waals surface area contributed by atoms with E-state index in [1.807, 2.05) is 0 Å². The average molecular weight is 354 g/mol. The van der Waals surface area contributed by atoms with E-state index in [-0.39, 0.29) is 26.8 Å². The zero-order valence-corrected chi connectivity index (χ0v) is 14.0. The molecule has 4 rings (SSSR count). The van der Waals surface area contributed by atoms with E-state index in [9.17, 15) is 0 Å². The number of benzene rings is 2. The number of aromatic nitrogens is 2. The Bertz CT molecular complexity index is 754. The summed E-state index contributed by atoms with van der Waals surface area (Å²) in [6.45, 7) is 2.25. The second-order valence-corrected chi connectivity index (χ2v) is 7.36. The van der Waals surface area contributed by atoms with Crippen LogP contribution >= 0.6 is 0 Å². The summed E-state index contributed by atoms with van der Waals surface area (Å²) in [7, 11) is 0. The molecule has 4 heteroatoms. The molecule has 2 aromatic carbocycles. The molecule has 1 aromatic heterocycles. The van der Waals surface area contributed by atoms with Crippen LogP contribution in [0.2, 0.25) is 0 Å². The van der Waals surface area contributed by atoms with E-state index in [1.165, 1.54) is 21.3 Å². The first-order valence-corrected chi connectivity index (χ1v) is 9.15. The fourth-order valence-corrected chi connectivity index (χ4v) is 4.99. The SMILES string of the molecule is CC1c2nn[se]c2C(c2ccccc2)NC1c1ccccc1. The first kappa shape index (κ1) is 13.9. The van der Waals surface area contributed by atoms with Crippen molar-refractivity contribution >= 4 is 14.7 Å². The summed E-state index contributed by atoms with van der Waals surface area (Å²) in [5.41, 5.74) is 3.82. The Kier molecular flexibility index (Phi) is 3.67. The molecule has 110 valence electrons. The van der Waals surface area contributed by atoms with Gasteiger partial charge in [0.05, 0.1) is 0 Å². The molecule has 3 nitrogen and oxygen atoms in total. The van der Waals surface area contributed by atoms with Crippen LogP contribution in [0.25, 0.3) is 0 Å². The monoisotopic (exact) mass is 355 g/mol. The molecule has 1 N–H and O–H groups in total. The first-order chi connectivity index (χ1) is 10.8. The van der Waals surface area contributed by atoms with Crippen LogP contribution in [0, 0.1) is 0 Å². The summed E-state index contributed by atoms with van der Waals surface area (Å²) in [6.07, 6.45) is 0. The van der Waals surface area contributed by atoms with Crippen molar-refractivity contribution in [2.45, 2.75) is 24.9 Å². The minimum atomic E-state index is 0.124. The van der Waals surface area contributed by atoms with E-state index >= 15 is 0 Å². The van der Waals surface area contributed by atoms with Gasteiger partial charge in [-0.15, -0.1) is 0 Å². The van der Waals surface area contributed by atoms with Gasteiger partial charge in [0.2, 0.25) is 0 Å². The van der Waals surface area contributed by atoms with Gasteiger partial charge < -0.3 is 0 Å². The van der Waals surface area contributed by atoms with Crippen molar-refractivity contribution in [2.24, 2.45) is 0 Å². The summed E-state index contributed by atoms with van der Waals surface area (Å²) in [4.78, 5) is 0. The third-order valence-corrected chi connectivity index (χ3v) is 6.06. The molecule has 1 aliphatic rings. The van der Waals surface area contributed by atoms with Gasteiger partial charge in [0.15, 0.2) is 0 Å². The molecule has 3 unspecified atom stereocenters. The molecule has 0 saturated heterocycles. The van der Waals surface area contributed by atoms with Gasteiger partial charge in [-0.3, -0.25) is 0 Å². The Morgan fingerprint density at radius 2 is 1.55 bits per heavy atom. The van der Waals surface area contributed by atoms with Crippen LogP contribution < -0.4 is 5.32 Å². The molecule has 0 aliphatic carbocycles. The van der Waals surface area contributed by atoms with E-state index in [0.717, 1.165) is 0 Å². The summed E-state index contributed by atoms with van der Waals surface area (Å²) in [6, 6.07) is 21.8. The molecule has 0 bridgehead atoms. The number of hydrogen-bond acceptors (Lipinski definition) is 3. The van der Waals surface area contributed by atoms with Gasteiger partial charge in [0, 0.05) is 0 Å². The van der Waals surface area contributed by atoms with Crippen molar-refractivity contribution in [3.05, 3.63) is 81.9 Å². The van der Waals surface area contributed by atoms with Crippen LogP contribution in [0.15, 0.2) is 60.7 Å². The van der Waals surface area contributed by atoms with Crippen LogP contribution in [0.4, 0.5) is 0 Å². The number of nitrogens with zero attached hydrogens (tertiary/aromatic N) is 2. The van der Waals surface area contributed by atoms with Crippen molar-refractivity contribution in [1.29, 1.82) is 0 Å². The maximum atomic E-state index is 4.48. The third kappa shape index (κ3) is 2.34. The number of fused-ring (bicyclic) bond motifs is 1. The molecule has 1 aliphatic heterocycles. The van der Waals surface area contributed by atoms with Crippen molar-refractivity contribution in [1.82, 2.24) is 14.5 Å². The number of hydrogen-bond donors (Lipinski definition) is 1. The normalized spacial score (nSPS) is 24.0. The van der Waals surface area contributed by atoms with Gasteiger partial charge in [-0.1, -0.05) is 0 Å². The van der Waals surface area contributed by atoms with Crippen LogP contribution in [0.3, 0.4) is 0 Å². The zero-order valence-electron chi connectivity index (χ0n) is 12.3. The summed E-state index contributed by atoms with van der Waals surface area (Å²) >= 11 is 0.124. The molecule has 0 saturated carbocycles. The van der Waals surface area contributed by atoms with E-state index in [1.54, 1.807) is 0 Å². The van der Waals surface area contributed by atoms with Crippen LogP contribution in [-0.2, 0) is 0 Å². The molecule has 2 heterocycles. The van der Waals surface area contributed by atoms with Crippen LogP contribution in [-0.4, -0.2) is 23.9 Å². The standard InChI is InChI=1S/C18H17N3Se/c1-12-15(13-8-4-2-5-9-13)19-17(14-10-6-3-7-11-14)18-16(12)20-21-22-18/h2-12,15,17,19H,1H3. The Morgan fingerprint density at radius 1 is 0.909 bits per heavy atom. The van der Waals surface area contributed by atoms with Gasteiger partial charge >= 0.3 is 136 Å². The third-order valence-electron chi connectivity index (χ3n) is 4.37.